The molecule has 2 aromatic rings. The fraction of sp³-hybridized carbons (Fsp3) is 0.500. The van der Waals surface area contributed by atoms with Gasteiger partial charge in [-0.1, -0.05) is 25.1 Å². The summed E-state index contributed by atoms with van der Waals surface area (Å²) >= 11 is 1.30. The maximum atomic E-state index is 11.7. The molecule has 0 aliphatic rings. The standard InChI is InChI=1S/C18H25N3O5S/c1-3-5-10-21-17(24)19-20-18(21)27-12-14(22)11-26-15-8-6-13(7-9-15)16(23)25-4-2/h6-9,14,22H,3-5,10-12H2,1-2H3,(H,19,24). The lowest BCUT2D eigenvalue weighted by Gasteiger charge is -2.12. The summed E-state index contributed by atoms with van der Waals surface area (Å²) < 4.78 is 12.0. The molecule has 9 heteroatoms. The highest BCUT2D eigenvalue weighted by Gasteiger charge is 2.13. The van der Waals surface area contributed by atoms with E-state index >= 15 is 0 Å². The predicted octanol–water partition coefficient (Wildman–Crippen LogP) is 2.08. The lowest BCUT2D eigenvalue weighted by molar-refractivity contribution is 0.0526. The molecule has 1 aromatic heterocycles. The van der Waals surface area contributed by atoms with Gasteiger partial charge in [-0.25, -0.2) is 14.7 Å². The molecule has 148 valence electrons. The van der Waals surface area contributed by atoms with E-state index in [9.17, 15) is 14.7 Å². The van der Waals surface area contributed by atoms with E-state index in [4.69, 9.17) is 9.47 Å². The van der Waals surface area contributed by atoms with Crippen LogP contribution in [0.3, 0.4) is 0 Å². The molecule has 0 aliphatic heterocycles. The van der Waals surface area contributed by atoms with Crippen molar-refractivity contribution < 1.29 is 19.4 Å². The molecule has 2 N–H and O–H groups in total. The molecular formula is C18H25N3O5S. The van der Waals surface area contributed by atoms with Gasteiger partial charge in [0.1, 0.15) is 12.4 Å². The molecule has 0 saturated heterocycles. The molecule has 1 aromatic carbocycles. The van der Waals surface area contributed by atoms with Gasteiger partial charge in [0, 0.05) is 12.3 Å². The number of thioether (sulfide) groups is 1. The monoisotopic (exact) mass is 395 g/mol. The Bertz CT molecular complexity index is 772. The van der Waals surface area contributed by atoms with E-state index in [0.717, 1.165) is 12.8 Å². The average Bonchev–Trinajstić information content (AvgIpc) is 3.03. The number of nitrogens with one attached hydrogen (secondary N) is 1. The molecule has 8 nitrogen and oxygen atoms in total. The van der Waals surface area contributed by atoms with Crippen LogP contribution in [0.2, 0.25) is 0 Å². The zero-order valence-electron chi connectivity index (χ0n) is 15.5. The topological polar surface area (TPSA) is 106 Å². The number of nitrogens with zero attached hydrogens (tertiary/aromatic N) is 2. The van der Waals surface area contributed by atoms with Crippen LogP contribution in [0.4, 0.5) is 0 Å². The second-order valence-corrected chi connectivity index (χ2v) is 6.82. The molecule has 0 fully saturated rings. The van der Waals surface area contributed by atoms with Crippen molar-refractivity contribution in [3.05, 3.63) is 40.3 Å². The number of ether oxygens (including phenoxy) is 2. The van der Waals surface area contributed by atoms with Crippen LogP contribution >= 0.6 is 11.8 Å². The van der Waals surface area contributed by atoms with Crippen LogP contribution in [0.1, 0.15) is 37.0 Å². The molecule has 1 atom stereocenters. The molecular weight excluding hydrogens is 370 g/mol. The molecule has 0 bridgehead atoms. The molecule has 0 amide bonds. The molecule has 1 unspecified atom stereocenters. The first-order valence-corrected chi connectivity index (χ1v) is 9.89. The van der Waals surface area contributed by atoms with Crippen LogP contribution in [0.5, 0.6) is 5.75 Å². The summed E-state index contributed by atoms with van der Waals surface area (Å²) in [5.41, 5.74) is 0.210. The van der Waals surface area contributed by atoms with Gasteiger partial charge in [-0.05, 0) is 37.6 Å². The number of H-pyrrole nitrogens is 1. The third-order valence-corrected chi connectivity index (χ3v) is 4.79. The number of hydrogen-bond acceptors (Lipinski definition) is 7. The van der Waals surface area contributed by atoms with Crippen molar-refractivity contribution in [3.63, 3.8) is 0 Å². The van der Waals surface area contributed by atoms with E-state index in [1.54, 1.807) is 35.8 Å². The van der Waals surface area contributed by atoms with Gasteiger partial charge in [-0.3, -0.25) is 4.57 Å². The highest BCUT2D eigenvalue weighted by atomic mass is 32.2. The Morgan fingerprint density at radius 1 is 1.33 bits per heavy atom. The maximum absolute atomic E-state index is 11.7. The van der Waals surface area contributed by atoms with Crippen molar-refractivity contribution in [2.45, 2.75) is 44.5 Å². The first-order chi connectivity index (χ1) is 13.0. The first-order valence-electron chi connectivity index (χ1n) is 8.91. The predicted molar refractivity (Wildman–Crippen MR) is 102 cm³/mol. The van der Waals surface area contributed by atoms with E-state index in [1.807, 2.05) is 0 Å². The lowest BCUT2D eigenvalue weighted by Crippen LogP contribution is -2.21. The fourth-order valence-corrected chi connectivity index (χ4v) is 3.12. The van der Waals surface area contributed by atoms with Gasteiger partial charge >= 0.3 is 11.7 Å². The summed E-state index contributed by atoms with van der Waals surface area (Å²) in [5, 5.41) is 17.1. The molecule has 1 heterocycles. The Kier molecular flexibility index (Phi) is 8.41. The van der Waals surface area contributed by atoms with Gasteiger partial charge in [0.05, 0.1) is 18.3 Å². The fourth-order valence-electron chi connectivity index (χ4n) is 2.24. The van der Waals surface area contributed by atoms with Gasteiger partial charge in [-0.15, -0.1) is 5.10 Å². The Balaban J connectivity index is 1.80. The number of aromatic nitrogens is 3. The average molecular weight is 395 g/mol. The van der Waals surface area contributed by atoms with Crippen molar-refractivity contribution >= 4 is 17.7 Å². The minimum Gasteiger partial charge on any atom is -0.491 e. The van der Waals surface area contributed by atoms with Crippen LogP contribution in [0.15, 0.2) is 34.2 Å². The van der Waals surface area contributed by atoms with E-state index in [1.165, 1.54) is 11.8 Å². The number of esters is 1. The quantitative estimate of drug-likeness (QED) is 0.443. The zero-order chi connectivity index (χ0) is 19.6. The Morgan fingerprint density at radius 3 is 2.74 bits per heavy atom. The van der Waals surface area contributed by atoms with Crippen LogP contribution in [-0.4, -0.2) is 50.9 Å². The number of rotatable bonds is 11. The van der Waals surface area contributed by atoms with Crippen molar-refractivity contribution in [1.29, 1.82) is 0 Å². The normalized spacial score (nSPS) is 12.0. The maximum Gasteiger partial charge on any atom is 0.343 e. The van der Waals surface area contributed by atoms with Gasteiger partial charge in [-0.2, -0.15) is 0 Å². The van der Waals surface area contributed by atoms with Crippen LogP contribution in [-0.2, 0) is 11.3 Å². The highest BCUT2D eigenvalue weighted by Crippen LogP contribution is 2.17. The van der Waals surface area contributed by atoms with Crippen molar-refractivity contribution in [1.82, 2.24) is 14.8 Å². The van der Waals surface area contributed by atoms with Crippen molar-refractivity contribution in [3.8, 4) is 5.75 Å². The third-order valence-electron chi connectivity index (χ3n) is 3.67. The second kappa shape index (κ2) is 10.8. The largest absolute Gasteiger partial charge is 0.491 e. The van der Waals surface area contributed by atoms with Gasteiger partial charge in [0.25, 0.3) is 0 Å². The Hall–Kier alpha value is -2.26. The zero-order valence-corrected chi connectivity index (χ0v) is 16.3. The van der Waals surface area contributed by atoms with Gasteiger partial charge in [0.15, 0.2) is 5.16 Å². The summed E-state index contributed by atoms with van der Waals surface area (Å²) in [6.07, 6.45) is 1.14. The minimum atomic E-state index is -0.730. The van der Waals surface area contributed by atoms with E-state index in [-0.39, 0.29) is 18.3 Å². The number of carbonyl (C=O) groups is 1. The number of aliphatic hydroxyl groups is 1. The Morgan fingerprint density at radius 2 is 2.07 bits per heavy atom. The van der Waals surface area contributed by atoms with Gasteiger partial charge < -0.3 is 14.6 Å². The molecule has 0 aliphatic carbocycles. The third kappa shape index (κ3) is 6.44. The molecule has 0 saturated carbocycles. The number of carbonyl (C=O) groups excluding carboxylic acids is 1. The van der Waals surface area contributed by atoms with Gasteiger partial charge in [0.2, 0.25) is 0 Å². The minimum absolute atomic E-state index is 0.0926. The number of aliphatic hydroxyl groups excluding tert-OH is 1. The number of unbranched alkanes of at least 4 members (excludes halogenated alkanes) is 1. The SMILES string of the molecule is CCCCn1c(SCC(O)COc2ccc(C(=O)OCC)cc2)n[nH]c1=O. The van der Waals surface area contributed by atoms with Crippen molar-refractivity contribution in [2.75, 3.05) is 19.0 Å². The Labute approximate surface area is 161 Å². The van der Waals surface area contributed by atoms with E-state index in [2.05, 4.69) is 17.1 Å². The number of benzene rings is 1. The molecule has 0 spiro atoms. The smallest absolute Gasteiger partial charge is 0.343 e. The lowest BCUT2D eigenvalue weighted by atomic mass is 10.2. The van der Waals surface area contributed by atoms with E-state index in [0.29, 0.717) is 35.4 Å². The summed E-state index contributed by atoms with van der Waals surface area (Å²) in [5.74, 6) is 0.512. The summed E-state index contributed by atoms with van der Waals surface area (Å²) in [6.45, 7) is 4.82. The summed E-state index contributed by atoms with van der Waals surface area (Å²) in [4.78, 5) is 23.3. The number of aromatic amines is 1. The number of hydrogen-bond donors (Lipinski definition) is 2. The molecule has 2 rings (SSSR count). The second-order valence-electron chi connectivity index (χ2n) is 5.84. The highest BCUT2D eigenvalue weighted by molar-refractivity contribution is 7.99. The molecule has 27 heavy (non-hydrogen) atoms. The first kappa shape index (κ1) is 21.0. The van der Waals surface area contributed by atoms with Crippen LogP contribution in [0, 0.1) is 0 Å². The summed E-state index contributed by atoms with van der Waals surface area (Å²) in [6, 6.07) is 6.54. The molecule has 0 radical (unpaired) electrons. The van der Waals surface area contributed by atoms with Crippen molar-refractivity contribution in [2.24, 2.45) is 0 Å². The van der Waals surface area contributed by atoms with E-state index < -0.39 is 6.10 Å². The van der Waals surface area contributed by atoms with Crippen LogP contribution < -0.4 is 10.4 Å². The van der Waals surface area contributed by atoms with Crippen LogP contribution in [0.25, 0.3) is 0 Å². The summed E-state index contributed by atoms with van der Waals surface area (Å²) in [7, 11) is 0.